The summed E-state index contributed by atoms with van der Waals surface area (Å²) in [4.78, 5) is 27.0. The van der Waals surface area contributed by atoms with Crippen LogP contribution in [0.15, 0.2) is 35.1 Å². The number of carboxylic acid groups (broad SMARTS) is 1. The Bertz CT molecular complexity index is 803. The first kappa shape index (κ1) is 9.98. The minimum absolute atomic E-state index is 0.113. The van der Waals surface area contributed by atoms with Gasteiger partial charge in [0.15, 0.2) is 4.96 Å². The molecule has 5 nitrogen and oxygen atoms in total. The average molecular weight is 245 g/mol. The van der Waals surface area contributed by atoms with Crippen molar-refractivity contribution in [1.82, 2.24) is 9.38 Å². The molecule has 6 heteroatoms. The summed E-state index contributed by atoms with van der Waals surface area (Å²) in [7, 11) is 0. The van der Waals surface area contributed by atoms with Crippen LogP contribution >= 0.6 is 11.3 Å². The molecule has 0 unspecified atom stereocenters. The smallest absolute Gasteiger partial charge is 0.258 e. The maximum atomic E-state index is 11.8. The van der Waals surface area contributed by atoms with Crippen LogP contribution in [0.1, 0.15) is 9.67 Å². The minimum atomic E-state index is -1.36. The Morgan fingerprint density at radius 2 is 2.12 bits per heavy atom. The Kier molecular flexibility index (Phi) is 1.99. The number of fused-ring (bicyclic) bond motifs is 3. The van der Waals surface area contributed by atoms with Gasteiger partial charge >= 0.3 is 0 Å². The Balaban J connectivity index is 2.53. The standard InChI is InChI=1S/C11H6N2O3S/c14-9-5-8(10(15)16)17-11-12-6-3-1-2-4-7(6)13(9)11/h1-5H,(H,15,16)/p-1. The molecular weight excluding hydrogens is 240 g/mol. The molecule has 0 amide bonds. The topological polar surface area (TPSA) is 74.5 Å². The number of carbonyl (C=O) groups excluding carboxylic acids is 1. The summed E-state index contributed by atoms with van der Waals surface area (Å²) in [5, 5.41) is 10.7. The van der Waals surface area contributed by atoms with E-state index in [0.29, 0.717) is 16.0 Å². The zero-order chi connectivity index (χ0) is 12.0. The number of hydrogen-bond acceptors (Lipinski definition) is 5. The summed E-state index contributed by atoms with van der Waals surface area (Å²) >= 11 is 0.925. The van der Waals surface area contributed by atoms with Crippen molar-refractivity contribution < 1.29 is 9.90 Å². The van der Waals surface area contributed by atoms with Gasteiger partial charge in [0.05, 0.1) is 21.9 Å². The molecular formula is C11H5N2O3S-. The predicted molar refractivity (Wildman–Crippen MR) is 61.2 cm³/mol. The fourth-order valence-electron chi connectivity index (χ4n) is 1.69. The SMILES string of the molecule is O=C([O-])c1cc(=O)n2c(nc3ccccc32)s1. The summed E-state index contributed by atoms with van der Waals surface area (Å²) < 4.78 is 1.40. The van der Waals surface area contributed by atoms with Gasteiger partial charge in [-0.1, -0.05) is 23.5 Å². The molecule has 3 rings (SSSR count). The monoisotopic (exact) mass is 245 g/mol. The van der Waals surface area contributed by atoms with Crippen molar-refractivity contribution >= 4 is 33.3 Å². The quantitative estimate of drug-likeness (QED) is 0.617. The van der Waals surface area contributed by atoms with Gasteiger partial charge in [-0.15, -0.1) is 0 Å². The number of hydrogen-bond donors (Lipinski definition) is 0. The van der Waals surface area contributed by atoms with Crippen molar-refractivity contribution in [1.29, 1.82) is 0 Å². The third kappa shape index (κ3) is 1.42. The number of carbonyl (C=O) groups is 1. The molecule has 1 aromatic carbocycles. The summed E-state index contributed by atoms with van der Waals surface area (Å²) in [6.07, 6.45) is 0. The zero-order valence-electron chi connectivity index (χ0n) is 8.41. The fraction of sp³-hybridized carbons (Fsp3) is 0. The Labute approximate surface area is 98.6 Å². The minimum Gasteiger partial charge on any atom is -0.544 e. The Hall–Kier alpha value is -2.21. The second-order valence-corrected chi connectivity index (χ2v) is 4.46. The number of benzene rings is 1. The lowest BCUT2D eigenvalue weighted by molar-refractivity contribution is -0.254. The van der Waals surface area contributed by atoms with Gasteiger partial charge in [0.1, 0.15) is 0 Å². The van der Waals surface area contributed by atoms with Crippen molar-refractivity contribution in [3.05, 3.63) is 45.6 Å². The highest BCUT2D eigenvalue weighted by Gasteiger charge is 2.09. The van der Waals surface area contributed by atoms with Crippen LogP contribution in [-0.2, 0) is 0 Å². The molecule has 0 fully saturated rings. The summed E-state index contributed by atoms with van der Waals surface area (Å²) in [6.45, 7) is 0. The highest BCUT2D eigenvalue weighted by molar-refractivity contribution is 7.18. The van der Waals surface area contributed by atoms with E-state index in [1.807, 2.05) is 6.07 Å². The van der Waals surface area contributed by atoms with Crippen molar-refractivity contribution in [2.24, 2.45) is 0 Å². The third-order valence-electron chi connectivity index (χ3n) is 2.41. The van der Waals surface area contributed by atoms with Crippen LogP contribution in [-0.4, -0.2) is 15.4 Å². The van der Waals surface area contributed by atoms with Crippen LogP contribution in [0.25, 0.3) is 16.0 Å². The normalized spacial score (nSPS) is 11.1. The molecule has 17 heavy (non-hydrogen) atoms. The molecule has 0 bridgehead atoms. The van der Waals surface area contributed by atoms with E-state index in [1.54, 1.807) is 18.2 Å². The predicted octanol–water partition coefficient (Wildman–Crippen LogP) is 0.273. The van der Waals surface area contributed by atoms with E-state index in [1.165, 1.54) is 4.40 Å². The largest absolute Gasteiger partial charge is 0.544 e. The molecule has 0 saturated heterocycles. The third-order valence-corrected chi connectivity index (χ3v) is 3.37. The first-order valence-electron chi connectivity index (χ1n) is 4.79. The van der Waals surface area contributed by atoms with Crippen molar-refractivity contribution in [2.75, 3.05) is 0 Å². The number of carboxylic acids is 1. The highest BCUT2D eigenvalue weighted by atomic mass is 32.1. The molecule has 2 aromatic heterocycles. The van der Waals surface area contributed by atoms with Crippen LogP contribution in [0.2, 0.25) is 0 Å². The van der Waals surface area contributed by atoms with Crippen LogP contribution in [0.4, 0.5) is 0 Å². The van der Waals surface area contributed by atoms with Crippen LogP contribution in [0.5, 0.6) is 0 Å². The summed E-state index contributed by atoms with van der Waals surface area (Å²) in [5.74, 6) is -1.36. The number of nitrogens with zero attached hydrogens (tertiary/aromatic N) is 2. The lowest BCUT2D eigenvalue weighted by Crippen LogP contribution is -2.24. The molecule has 0 aliphatic carbocycles. The Morgan fingerprint density at radius 1 is 1.35 bits per heavy atom. The second-order valence-electron chi connectivity index (χ2n) is 3.45. The summed E-state index contributed by atoms with van der Waals surface area (Å²) in [5.41, 5.74) is 0.927. The first-order chi connectivity index (χ1) is 8.16. The maximum absolute atomic E-state index is 11.8. The van der Waals surface area contributed by atoms with Gasteiger partial charge in [0.2, 0.25) is 0 Å². The Morgan fingerprint density at radius 3 is 2.88 bits per heavy atom. The van der Waals surface area contributed by atoms with Gasteiger partial charge in [-0.2, -0.15) is 0 Å². The molecule has 0 aliphatic heterocycles. The fourth-order valence-corrected chi connectivity index (χ4v) is 2.55. The van der Waals surface area contributed by atoms with Crippen LogP contribution in [0, 0.1) is 0 Å². The summed E-state index contributed by atoms with van der Waals surface area (Å²) in [6, 6.07) is 8.20. The lowest BCUT2D eigenvalue weighted by atomic mass is 10.3. The van der Waals surface area contributed by atoms with E-state index in [4.69, 9.17) is 0 Å². The average Bonchev–Trinajstić information content (AvgIpc) is 2.67. The molecule has 2 heterocycles. The molecule has 3 aromatic rings. The van der Waals surface area contributed by atoms with Crippen molar-refractivity contribution in [3.8, 4) is 0 Å². The molecule has 84 valence electrons. The molecule has 0 aliphatic rings. The number of para-hydroxylation sites is 2. The van der Waals surface area contributed by atoms with Gasteiger partial charge in [-0.3, -0.25) is 9.20 Å². The van der Waals surface area contributed by atoms with E-state index in [9.17, 15) is 14.7 Å². The second kappa shape index (κ2) is 3.39. The maximum Gasteiger partial charge on any atom is 0.258 e. The van der Waals surface area contributed by atoms with E-state index < -0.39 is 11.5 Å². The van der Waals surface area contributed by atoms with E-state index >= 15 is 0 Å². The van der Waals surface area contributed by atoms with Gasteiger partial charge in [0, 0.05) is 6.07 Å². The highest BCUT2D eigenvalue weighted by Crippen LogP contribution is 2.18. The van der Waals surface area contributed by atoms with E-state index in [2.05, 4.69) is 4.98 Å². The molecule has 0 spiro atoms. The van der Waals surface area contributed by atoms with Crippen LogP contribution in [0.3, 0.4) is 0 Å². The lowest BCUT2D eigenvalue weighted by Gasteiger charge is -2.00. The first-order valence-corrected chi connectivity index (χ1v) is 5.61. The number of aromatic carboxylic acids is 1. The van der Waals surface area contributed by atoms with Gasteiger partial charge in [-0.25, -0.2) is 4.98 Å². The van der Waals surface area contributed by atoms with Crippen molar-refractivity contribution in [3.63, 3.8) is 0 Å². The van der Waals surface area contributed by atoms with Crippen molar-refractivity contribution in [2.45, 2.75) is 0 Å². The van der Waals surface area contributed by atoms with E-state index in [-0.39, 0.29) is 4.88 Å². The molecule has 0 atom stereocenters. The molecule has 0 radical (unpaired) electrons. The number of rotatable bonds is 1. The van der Waals surface area contributed by atoms with Gasteiger partial charge in [0.25, 0.3) is 5.56 Å². The number of imidazole rings is 1. The molecule has 0 N–H and O–H groups in total. The van der Waals surface area contributed by atoms with E-state index in [0.717, 1.165) is 17.4 Å². The molecule has 0 saturated carbocycles. The van der Waals surface area contributed by atoms with Gasteiger partial charge < -0.3 is 9.90 Å². The van der Waals surface area contributed by atoms with Crippen LogP contribution < -0.4 is 10.7 Å². The zero-order valence-corrected chi connectivity index (χ0v) is 9.23. The number of aromatic nitrogens is 2. The van der Waals surface area contributed by atoms with Gasteiger partial charge in [-0.05, 0) is 12.1 Å².